The third-order valence-electron chi connectivity index (χ3n) is 5.22. The molecule has 2 N–H and O–H groups in total. The second-order valence-electron chi connectivity index (χ2n) is 7.42. The van der Waals surface area contributed by atoms with E-state index in [2.05, 4.69) is 32.7 Å². The van der Waals surface area contributed by atoms with Crippen molar-refractivity contribution in [2.75, 3.05) is 16.9 Å². The molecule has 3 aromatic rings. The number of nitrogens with one attached hydrogen (secondary N) is 2. The largest absolute Gasteiger partial charge is 0.448 e. The molecule has 0 radical (unpaired) electrons. The summed E-state index contributed by atoms with van der Waals surface area (Å²) in [4.78, 5) is 33.6. The van der Waals surface area contributed by atoms with Crippen LogP contribution in [0.1, 0.15) is 30.3 Å². The number of hydrogen-bond acceptors (Lipinski definition) is 7. The standard InChI is InChI=1S/C24H20N6O3S/c1-3-20-27-19(14-34-20)28-22(31)29-30(23(32)33-4-2)17-9-7-16(8-10-17)21-18(6-5-13-26-21)24(15-25)11-12-24/h1,5-10,13-14H,4,11-12H2,2H3,(H2,28,29,31). The van der Waals surface area contributed by atoms with Gasteiger partial charge in [-0.3, -0.25) is 10.3 Å². The average Bonchev–Trinajstić information content (AvgIpc) is 3.54. The van der Waals surface area contributed by atoms with Gasteiger partial charge in [0.2, 0.25) is 0 Å². The quantitative estimate of drug-likeness (QED) is 0.418. The molecule has 0 spiro atoms. The lowest BCUT2D eigenvalue weighted by molar-refractivity contribution is 0.156. The number of hydrogen-bond donors (Lipinski definition) is 2. The molecule has 170 valence electrons. The van der Waals surface area contributed by atoms with E-state index >= 15 is 0 Å². The first-order valence-corrected chi connectivity index (χ1v) is 11.3. The second-order valence-corrected chi connectivity index (χ2v) is 8.28. The molecule has 0 unspecified atom stereocenters. The summed E-state index contributed by atoms with van der Waals surface area (Å²) in [6, 6.07) is 12.3. The van der Waals surface area contributed by atoms with Gasteiger partial charge < -0.3 is 4.74 Å². The molecular formula is C24H20N6O3S. The zero-order valence-electron chi connectivity index (χ0n) is 18.2. The summed E-state index contributed by atoms with van der Waals surface area (Å²) in [6.07, 6.45) is 7.83. The monoisotopic (exact) mass is 472 g/mol. The normalized spacial score (nSPS) is 13.1. The predicted octanol–water partition coefficient (Wildman–Crippen LogP) is 4.44. The molecule has 2 heterocycles. The van der Waals surface area contributed by atoms with Crippen LogP contribution >= 0.6 is 11.3 Å². The van der Waals surface area contributed by atoms with Crippen LogP contribution in [0.4, 0.5) is 21.1 Å². The predicted molar refractivity (Wildman–Crippen MR) is 128 cm³/mol. The maximum Gasteiger partial charge on any atom is 0.433 e. The van der Waals surface area contributed by atoms with Crippen molar-refractivity contribution in [1.29, 1.82) is 5.26 Å². The lowest BCUT2D eigenvalue weighted by Gasteiger charge is -2.22. The molecule has 0 aliphatic heterocycles. The van der Waals surface area contributed by atoms with Gasteiger partial charge in [0, 0.05) is 17.1 Å². The number of pyridine rings is 1. The fourth-order valence-electron chi connectivity index (χ4n) is 3.40. The van der Waals surface area contributed by atoms with Gasteiger partial charge in [-0.15, -0.1) is 17.8 Å². The molecule has 0 saturated heterocycles. The number of benzene rings is 1. The van der Waals surface area contributed by atoms with E-state index in [1.165, 1.54) is 11.3 Å². The van der Waals surface area contributed by atoms with Gasteiger partial charge in [-0.2, -0.15) is 10.3 Å². The summed E-state index contributed by atoms with van der Waals surface area (Å²) in [5.41, 5.74) is 4.75. The highest BCUT2D eigenvalue weighted by Crippen LogP contribution is 2.50. The number of rotatable bonds is 5. The third-order valence-corrected chi connectivity index (χ3v) is 5.99. The fraction of sp³-hybridized carbons (Fsp3) is 0.208. The molecule has 9 nitrogen and oxygen atoms in total. The zero-order valence-corrected chi connectivity index (χ0v) is 19.1. The number of anilines is 2. The smallest absolute Gasteiger partial charge is 0.433 e. The number of nitriles is 1. The van der Waals surface area contributed by atoms with E-state index in [4.69, 9.17) is 11.2 Å². The highest BCUT2D eigenvalue weighted by atomic mass is 32.1. The minimum Gasteiger partial charge on any atom is -0.448 e. The van der Waals surface area contributed by atoms with Crippen LogP contribution in [0.15, 0.2) is 48.0 Å². The second kappa shape index (κ2) is 9.61. The number of urea groups is 1. The summed E-state index contributed by atoms with van der Waals surface area (Å²) >= 11 is 1.21. The number of thiazole rings is 1. The number of carbonyl (C=O) groups is 2. The Hall–Kier alpha value is -4.41. The van der Waals surface area contributed by atoms with Gasteiger partial charge in [0.15, 0.2) is 5.01 Å². The molecule has 2 aromatic heterocycles. The summed E-state index contributed by atoms with van der Waals surface area (Å²) in [6.45, 7) is 1.79. The van der Waals surface area contributed by atoms with Crippen molar-refractivity contribution >= 4 is 35.0 Å². The third kappa shape index (κ3) is 4.68. The number of carbonyl (C=O) groups excluding carboxylic acids is 2. The Labute approximate surface area is 200 Å². The van der Waals surface area contributed by atoms with Gasteiger partial charge in [0.05, 0.1) is 29.5 Å². The van der Waals surface area contributed by atoms with Crippen LogP contribution in [0.5, 0.6) is 0 Å². The van der Waals surface area contributed by atoms with Gasteiger partial charge in [-0.25, -0.2) is 20.0 Å². The molecule has 1 saturated carbocycles. The number of hydrazine groups is 1. The van der Waals surface area contributed by atoms with E-state index in [-0.39, 0.29) is 12.4 Å². The highest BCUT2D eigenvalue weighted by molar-refractivity contribution is 7.10. The summed E-state index contributed by atoms with van der Waals surface area (Å²) in [5, 5.41) is 15.2. The topological polar surface area (TPSA) is 120 Å². The molecule has 1 fully saturated rings. The average molecular weight is 473 g/mol. The van der Waals surface area contributed by atoms with Crippen LogP contribution in [0.2, 0.25) is 0 Å². The minimum atomic E-state index is -0.757. The number of aromatic nitrogens is 2. The molecule has 1 aliphatic carbocycles. The lowest BCUT2D eigenvalue weighted by atomic mass is 9.93. The Morgan fingerprint density at radius 2 is 2.06 bits per heavy atom. The van der Waals surface area contributed by atoms with Crippen molar-refractivity contribution in [2.24, 2.45) is 0 Å². The molecule has 34 heavy (non-hydrogen) atoms. The van der Waals surface area contributed by atoms with Crippen LogP contribution in [0, 0.1) is 23.7 Å². The SMILES string of the molecule is C#Cc1nc(NC(=O)NN(C(=O)OCC)c2ccc(-c3ncccc3C3(C#N)CC3)cc2)cs1. The van der Waals surface area contributed by atoms with Crippen molar-refractivity contribution < 1.29 is 14.3 Å². The van der Waals surface area contributed by atoms with Crippen LogP contribution in [0.25, 0.3) is 11.3 Å². The number of nitrogens with zero attached hydrogens (tertiary/aromatic N) is 4. The number of ether oxygens (including phenoxy) is 1. The van der Waals surface area contributed by atoms with Gasteiger partial charge in [0.1, 0.15) is 5.82 Å². The van der Waals surface area contributed by atoms with Crippen molar-refractivity contribution in [3.05, 3.63) is 58.5 Å². The van der Waals surface area contributed by atoms with Crippen molar-refractivity contribution in [2.45, 2.75) is 25.2 Å². The van der Waals surface area contributed by atoms with E-state index in [1.807, 2.05) is 12.1 Å². The fourth-order valence-corrected chi connectivity index (χ4v) is 3.96. The van der Waals surface area contributed by atoms with Gasteiger partial charge in [-0.1, -0.05) is 18.2 Å². The first-order chi connectivity index (χ1) is 16.5. The van der Waals surface area contributed by atoms with Gasteiger partial charge >= 0.3 is 12.1 Å². The first-order valence-electron chi connectivity index (χ1n) is 10.4. The Bertz CT molecular complexity index is 1300. The van der Waals surface area contributed by atoms with Crippen LogP contribution < -0.4 is 15.8 Å². The molecule has 0 bridgehead atoms. The van der Waals surface area contributed by atoms with Crippen LogP contribution in [-0.2, 0) is 10.2 Å². The molecule has 0 atom stereocenters. The van der Waals surface area contributed by atoms with Crippen molar-refractivity contribution in [3.8, 4) is 29.7 Å². The zero-order chi connectivity index (χ0) is 24.1. The Balaban J connectivity index is 1.56. The van der Waals surface area contributed by atoms with E-state index in [9.17, 15) is 14.9 Å². The van der Waals surface area contributed by atoms with E-state index in [1.54, 1.807) is 42.8 Å². The molecule has 1 aliphatic rings. The summed E-state index contributed by atoms with van der Waals surface area (Å²) in [7, 11) is 0. The molecule has 3 amide bonds. The molecular weight excluding hydrogens is 452 g/mol. The van der Waals surface area contributed by atoms with Crippen LogP contribution in [-0.4, -0.2) is 28.7 Å². The van der Waals surface area contributed by atoms with Gasteiger partial charge in [-0.05, 0) is 49.4 Å². The summed E-state index contributed by atoms with van der Waals surface area (Å²) < 4.78 is 5.09. The Morgan fingerprint density at radius 1 is 1.29 bits per heavy atom. The minimum absolute atomic E-state index is 0.127. The lowest BCUT2D eigenvalue weighted by Crippen LogP contribution is -2.48. The summed E-state index contributed by atoms with van der Waals surface area (Å²) in [5.74, 6) is 2.66. The Morgan fingerprint density at radius 3 is 2.68 bits per heavy atom. The molecule has 10 heteroatoms. The number of amides is 3. The highest BCUT2D eigenvalue weighted by Gasteiger charge is 2.46. The maximum absolute atomic E-state index is 12.5. The van der Waals surface area contributed by atoms with Gasteiger partial charge in [0.25, 0.3) is 0 Å². The van der Waals surface area contributed by atoms with Crippen molar-refractivity contribution in [1.82, 2.24) is 15.4 Å². The van der Waals surface area contributed by atoms with Crippen molar-refractivity contribution in [3.63, 3.8) is 0 Å². The number of terminal acetylenes is 1. The van der Waals surface area contributed by atoms with Crippen LogP contribution in [0.3, 0.4) is 0 Å². The van der Waals surface area contributed by atoms with E-state index < -0.39 is 17.5 Å². The maximum atomic E-state index is 12.5. The van der Waals surface area contributed by atoms with E-state index in [0.717, 1.165) is 29.0 Å². The first kappa shape index (κ1) is 22.8. The Kier molecular flexibility index (Phi) is 6.44. The molecule has 4 rings (SSSR count). The molecule has 1 aromatic carbocycles. The van der Waals surface area contributed by atoms with E-state index in [0.29, 0.717) is 16.4 Å².